The quantitative estimate of drug-likeness (QED) is 0.653. The molecule has 4 rings (SSSR count). The molecular formula is C24H34Cl2N4O. The van der Waals surface area contributed by atoms with Crippen molar-refractivity contribution in [3.63, 3.8) is 0 Å². The number of nitrogens with one attached hydrogen (secondary N) is 1. The highest BCUT2D eigenvalue weighted by atomic mass is 35.5. The Labute approximate surface area is 198 Å². The highest BCUT2D eigenvalue weighted by Gasteiger charge is 2.29. The van der Waals surface area contributed by atoms with Crippen LogP contribution in [0.3, 0.4) is 0 Å². The zero-order chi connectivity index (χ0) is 20.4. The van der Waals surface area contributed by atoms with Crippen LogP contribution in [0.15, 0.2) is 47.5 Å². The number of hydrogen-bond donors (Lipinski definition) is 1. The molecule has 1 fully saturated rings. The standard InChI is InChI=1S/C24H32N4O.2ClH/c1-17(2)18-9-10-21-20(15-18)24(26-23-8-6-5-7-22(23)25-21)28-13-12-27(3)19(16-28)11-14-29-4;;/h5-10,15,17,19,25H,11-14,16H2,1-4H3;2*1H. The van der Waals surface area contributed by atoms with E-state index in [0.29, 0.717) is 12.0 Å². The van der Waals surface area contributed by atoms with Gasteiger partial charge in [-0.15, -0.1) is 24.8 Å². The normalized spacial score (nSPS) is 18.0. The van der Waals surface area contributed by atoms with Crippen molar-refractivity contribution in [2.45, 2.75) is 32.2 Å². The number of fused-ring (bicyclic) bond motifs is 2. The van der Waals surface area contributed by atoms with Gasteiger partial charge >= 0.3 is 0 Å². The molecule has 1 N–H and O–H groups in total. The maximum absolute atomic E-state index is 5.35. The third-order valence-corrected chi connectivity index (χ3v) is 6.08. The monoisotopic (exact) mass is 464 g/mol. The molecule has 0 saturated carbocycles. The summed E-state index contributed by atoms with van der Waals surface area (Å²) in [6, 6.07) is 15.5. The van der Waals surface area contributed by atoms with Crippen LogP contribution in [-0.2, 0) is 4.74 Å². The molecule has 31 heavy (non-hydrogen) atoms. The maximum atomic E-state index is 5.35. The van der Waals surface area contributed by atoms with Gasteiger partial charge in [0.25, 0.3) is 0 Å². The average molecular weight is 465 g/mol. The van der Waals surface area contributed by atoms with E-state index in [0.717, 1.165) is 55.6 Å². The van der Waals surface area contributed by atoms with Crippen LogP contribution in [-0.4, -0.2) is 62.1 Å². The molecule has 2 aromatic rings. The maximum Gasteiger partial charge on any atom is 0.138 e. The predicted molar refractivity (Wildman–Crippen MR) is 135 cm³/mol. The summed E-state index contributed by atoms with van der Waals surface area (Å²) in [5.41, 5.74) is 5.73. The average Bonchev–Trinajstić information content (AvgIpc) is 2.89. The summed E-state index contributed by atoms with van der Waals surface area (Å²) < 4.78 is 5.35. The summed E-state index contributed by atoms with van der Waals surface area (Å²) in [6.07, 6.45) is 1.03. The molecule has 7 heteroatoms. The van der Waals surface area contributed by atoms with Crippen LogP contribution >= 0.6 is 24.8 Å². The predicted octanol–water partition coefficient (Wildman–Crippen LogP) is 5.44. The summed E-state index contributed by atoms with van der Waals surface area (Å²) in [6.45, 7) is 8.25. The minimum absolute atomic E-state index is 0. The van der Waals surface area contributed by atoms with Crippen LogP contribution in [0.2, 0.25) is 0 Å². The van der Waals surface area contributed by atoms with Gasteiger partial charge in [0.2, 0.25) is 0 Å². The lowest BCUT2D eigenvalue weighted by Gasteiger charge is -2.41. The molecule has 170 valence electrons. The van der Waals surface area contributed by atoms with Crippen LogP contribution in [0.5, 0.6) is 0 Å². The fourth-order valence-electron chi connectivity index (χ4n) is 4.16. The third-order valence-electron chi connectivity index (χ3n) is 6.08. The minimum Gasteiger partial charge on any atom is -0.385 e. The molecule has 2 aromatic carbocycles. The molecule has 0 spiro atoms. The molecule has 2 aliphatic rings. The first-order valence-corrected chi connectivity index (χ1v) is 10.6. The Morgan fingerprint density at radius 3 is 2.61 bits per heavy atom. The lowest BCUT2D eigenvalue weighted by molar-refractivity contribution is 0.100. The number of amidine groups is 1. The van der Waals surface area contributed by atoms with E-state index in [9.17, 15) is 0 Å². The number of halogens is 2. The van der Waals surface area contributed by atoms with E-state index in [1.807, 2.05) is 0 Å². The zero-order valence-corrected chi connectivity index (χ0v) is 20.4. The van der Waals surface area contributed by atoms with Crippen LogP contribution in [0.1, 0.15) is 37.3 Å². The Morgan fingerprint density at radius 1 is 1.10 bits per heavy atom. The van der Waals surface area contributed by atoms with Crippen molar-refractivity contribution in [1.29, 1.82) is 0 Å². The molecule has 1 atom stereocenters. The fourth-order valence-corrected chi connectivity index (χ4v) is 4.16. The Bertz CT molecular complexity index is 903. The molecule has 5 nitrogen and oxygen atoms in total. The van der Waals surface area contributed by atoms with Crippen LogP contribution in [0, 0.1) is 0 Å². The van der Waals surface area contributed by atoms with E-state index in [1.54, 1.807) is 7.11 Å². The second kappa shape index (κ2) is 11.2. The first-order valence-electron chi connectivity index (χ1n) is 10.6. The first kappa shape index (κ1) is 25.5. The largest absolute Gasteiger partial charge is 0.385 e. The summed E-state index contributed by atoms with van der Waals surface area (Å²) >= 11 is 0. The summed E-state index contributed by atoms with van der Waals surface area (Å²) in [5, 5.41) is 3.62. The van der Waals surface area contributed by atoms with E-state index in [4.69, 9.17) is 9.73 Å². The molecule has 1 saturated heterocycles. The number of benzene rings is 2. The van der Waals surface area contributed by atoms with Gasteiger partial charge < -0.3 is 15.0 Å². The first-order chi connectivity index (χ1) is 14.1. The molecule has 0 amide bonds. The number of likely N-dealkylation sites (N-methyl/N-ethyl adjacent to an activating group) is 1. The highest BCUT2D eigenvalue weighted by molar-refractivity contribution is 6.08. The van der Waals surface area contributed by atoms with Gasteiger partial charge in [-0.3, -0.25) is 4.90 Å². The van der Waals surface area contributed by atoms with Crippen molar-refractivity contribution in [3.8, 4) is 0 Å². The van der Waals surface area contributed by atoms with E-state index >= 15 is 0 Å². The fraction of sp³-hybridized carbons (Fsp3) is 0.458. The van der Waals surface area contributed by atoms with Gasteiger partial charge in [0.15, 0.2) is 0 Å². The smallest absolute Gasteiger partial charge is 0.138 e. The van der Waals surface area contributed by atoms with Crippen LogP contribution < -0.4 is 5.32 Å². The van der Waals surface area contributed by atoms with Gasteiger partial charge in [0.1, 0.15) is 5.84 Å². The molecule has 2 aliphatic heterocycles. The number of anilines is 2. The van der Waals surface area contributed by atoms with Gasteiger partial charge in [0, 0.05) is 50.6 Å². The summed E-state index contributed by atoms with van der Waals surface area (Å²) in [4.78, 5) is 10.1. The Hall–Kier alpha value is -1.79. The molecule has 2 heterocycles. The van der Waals surface area contributed by atoms with Crippen molar-refractivity contribution in [2.24, 2.45) is 4.99 Å². The van der Waals surface area contributed by atoms with Crippen LogP contribution in [0.4, 0.5) is 17.1 Å². The number of nitrogens with zero attached hydrogens (tertiary/aromatic N) is 3. The molecule has 0 radical (unpaired) electrons. The van der Waals surface area contributed by atoms with E-state index in [1.165, 1.54) is 11.1 Å². The number of piperazine rings is 1. The molecule has 0 aromatic heterocycles. The van der Waals surface area contributed by atoms with Crippen molar-refractivity contribution in [2.75, 3.05) is 45.7 Å². The van der Waals surface area contributed by atoms with E-state index in [-0.39, 0.29) is 24.8 Å². The summed E-state index contributed by atoms with van der Waals surface area (Å²) in [5.74, 6) is 1.56. The third kappa shape index (κ3) is 5.53. The summed E-state index contributed by atoms with van der Waals surface area (Å²) in [7, 11) is 4.00. The number of hydrogen-bond acceptors (Lipinski definition) is 5. The molecule has 0 bridgehead atoms. The minimum atomic E-state index is 0. The van der Waals surface area contributed by atoms with Gasteiger partial charge in [-0.25, -0.2) is 4.99 Å². The van der Waals surface area contributed by atoms with E-state index in [2.05, 4.69) is 78.5 Å². The number of ether oxygens (including phenoxy) is 1. The van der Waals surface area contributed by atoms with Crippen molar-refractivity contribution >= 4 is 47.7 Å². The Balaban J connectivity index is 0.00000171. The topological polar surface area (TPSA) is 40.1 Å². The van der Waals surface area contributed by atoms with Crippen molar-refractivity contribution < 1.29 is 4.74 Å². The van der Waals surface area contributed by atoms with Gasteiger partial charge in [-0.05, 0) is 49.2 Å². The lowest BCUT2D eigenvalue weighted by atomic mass is 9.98. The molecular weight excluding hydrogens is 431 g/mol. The number of aliphatic imine (C=N–C) groups is 1. The molecule has 0 aliphatic carbocycles. The number of rotatable bonds is 4. The van der Waals surface area contributed by atoms with Crippen molar-refractivity contribution in [3.05, 3.63) is 53.6 Å². The van der Waals surface area contributed by atoms with Crippen molar-refractivity contribution in [1.82, 2.24) is 9.80 Å². The van der Waals surface area contributed by atoms with Gasteiger partial charge in [0.05, 0.1) is 11.4 Å². The Kier molecular flexibility index (Phi) is 9.19. The van der Waals surface area contributed by atoms with Crippen LogP contribution in [0.25, 0.3) is 0 Å². The SMILES string of the molecule is COCCC1CN(C2=Nc3ccccc3Nc3ccc(C(C)C)cc32)CCN1C.Cl.Cl. The zero-order valence-electron chi connectivity index (χ0n) is 18.8. The second-order valence-corrected chi connectivity index (χ2v) is 8.40. The molecule has 1 unspecified atom stereocenters. The van der Waals surface area contributed by atoms with Gasteiger partial charge in [-0.2, -0.15) is 0 Å². The van der Waals surface area contributed by atoms with Gasteiger partial charge in [-0.1, -0.05) is 32.0 Å². The number of para-hydroxylation sites is 2. The lowest BCUT2D eigenvalue weighted by Crippen LogP contribution is -2.53. The Morgan fingerprint density at radius 2 is 1.87 bits per heavy atom. The van der Waals surface area contributed by atoms with E-state index < -0.39 is 0 Å². The number of methoxy groups -OCH3 is 1. The second-order valence-electron chi connectivity index (χ2n) is 8.40. The highest BCUT2D eigenvalue weighted by Crippen LogP contribution is 2.36.